The van der Waals surface area contributed by atoms with E-state index in [1.54, 1.807) is 6.20 Å². The van der Waals surface area contributed by atoms with Gasteiger partial charge >= 0.3 is 0 Å². The Morgan fingerprint density at radius 3 is 2.70 bits per heavy atom. The molecule has 0 aliphatic heterocycles. The van der Waals surface area contributed by atoms with Gasteiger partial charge in [0.1, 0.15) is 5.75 Å². The lowest BCUT2D eigenvalue weighted by atomic mass is 10.2. The van der Waals surface area contributed by atoms with Crippen molar-refractivity contribution in [1.82, 2.24) is 10.3 Å². The molecule has 2 aromatic rings. The first-order valence-electron chi connectivity index (χ1n) is 6.52. The fraction of sp³-hybridized carbons (Fsp3) is 0.250. The minimum atomic E-state index is -0.145. The Balaban J connectivity index is 1.78. The molecule has 1 N–H and O–H groups in total. The largest absolute Gasteiger partial charge is 0.484 e. The van der Waals surface area contributed by atoms with E-state index in [0.717, 1.165) is 22.6 Å². The summed E-state index contributed by atoms with van der Waals surface area (Å²) >= 11 is 0. The van der Waals surface area contributed by atoms with Crippen LogP contribution in [0.15, 0.2) is 42.6 Å². The molecule has 0 unspecified atom stereocenters. The second-order valence-corrected chi connectivity index (χ2v) is 4.64. The minimum absolute atomic E-state index is 0.0180. The van der Waals surface area contributed by atoms with E-state index in [2.05, 4.69) is 10.3 Å². The van der Waals surface area contributed by atoms with Gasteiger partial charge in [0.25, 0.3) is 5.91 Å². The SMILES string of the molecule is Cc1ccc(CNC(=O)COc2ccccc2C)cn1. The highest BCUT2D eigenvalue weighted by Gasteiger charge is 2.04. The summed E-state index contributed by atoms with van der Waals surface area (Å²) < 4.78 is 5.48. The number of carbonyl (C=O) groups excluding carboxylic acids is 1. The van der Waals surface area contributed by atoms with E-state index < -0.39 is 0 Å². The molecule has 0 radical (unpaired) electrons. The Morgan fingerprint density at radius 2 is 2.00 bits per heavy atom. The quantitative estimate of drug-likeness (QED) is 0.907. The molecule has 2 rings (SSSR count). The maximum Gasteiger partial charge on any atom is 0.258 e. The van der Waals surface area contributed by atoms with Gasteiger partial charge in [-0.1, -0.05) is 24.3 Å². The topological polar surface area (TPSA) is 51.2 Å². The summed E-state index contributed by atoms with van der Waals surface area (Å²) in [6.45, 7) is 4.36. The third kappa shape index (κ3) is 4.09. The number of carbonyl (C=O) groups is 1. The molecule has 0 fully saturated rings. The summed E-state index contributed by atoms with van der Waals surface area (Å²) in [7, 11) is 0. The van der Waals surface area contributed by atoms with Gasteiger partial charge in [-0.05, 0) is 37.1 Å². The average Bonchev–Trinajstić information content (AvgIpc) is 2.46. The molecule has 0 bridgehead atoms. The van der Waals surface area contributed by atoms with Gasteiger partial charge < -0.3 is 10.1 Å². The zero-order valence-electron chi connectivity index (χ0n) is 11.7. The van der Waals surface area contributed by atoms with Crippen LogP contribution in [0.1, 0.15) is 16.8 Å². The zero-order valence-corrected chi connectivity index (χ0v) is 11.7. The lowest BCUT2D eigenvalue weighted by Gasteiger charge is -2.09. The van der Waals surface area contributed by atoms with Crippen LogP contribution >= 0.6 is 0 Å². The molecule has 4 heteroatoms. The minimum Gasteiger partial charge on any atom is -0.484 e. The Morgan fingerprint density at radius 1 is 1.20 bits per heavy atom. The monoisotopic (exact) mass is 270 g/mol. The standard InChI is InChI=1S/C16H18N2O2/c1-12-5-3-4-6-15(12)20-11-16(19)18-10-14-8-7-13(2)17-9-14/h3-9H,10-11H2,1-2H3,(H,18,19). The Hall–Kier alpha value is -2.36. The van der Waals surface area contributed by atoms with Crippen LogP contribution in [0.4, 0.5) is 0 Å². The highest BCUT2D eigenvalue weighted by Crippen LogP contribution is 2.15. The number of benzene rings is 1. The molecule has 0 aliphatic rings. The summed E-state index contributed by atoms with van der Waals surface area (Å²) in [6, 6.07) is 11.5. The third-order valence-corrected chi connectivity index (χ3v) is 2.91. The van der Waals surface area contributed by atoms with Crippen molar-refractivity contribution in [2.24, 2.45) is 0 Å². The van der Waals surface area contributed by atoms with E-state index in [1.165, 1.54) is 0 Å². The van der Waals surface area contributed by atoms with Crippen LogP contribution in [0.2, 0.25) is 0 Å². The van der Waals surface area contributed by atoms with Gasteiger partial charge in [0, 0.05) is 18.4 Å². The van der Waals surface area contributed by atoms with Crippen molar-refractivity contribution in [3.05, 3.63) is 59.4 Å². The molecule has 0 aliphatic carbocycles. The van der Waals surface area contributed by atoms with Crippen LogP contribution in [0.5, 0.6) is 5.75 Å². The van der Waals surface area contributed by atoms with Crippen molar-refractivity contribution in [3.8, 4) is 5.75 Å². The van der Waals surface area contributed by atoms with Crippen molar-refractivity contribution in [1.29, 1.82) is 0 Å². The lowest BCUT2D eigenvalue weighted by Crippen LogP contribution is -2.28. The predicted molar refractivity (Wildman–Crippen MR) is 77.5 cm³/mol. The molecule has 4 nitrogen and oxygen atoms in total. The molecule has 104 valence electrons. The molecule has 0 atom stereocenters. The molecule has 1 amide bonds. The summed E-state index contributed by atoms with van der Waals surface area (Å²) in [5, 5.41) is 2.80. The van der Waals surface area contributed by atoms with E-state index in [1.807, 2.05) is 50.2 Å². The van der Waals surface area contributed by atoms with E-state index >= 15 is 0 Å². The molecule has 1 aromatic carbocycles. The number of ether oxygens (including phenoxy) is 1. The Kier molecular flexibility index (Phi) is 4.71. The van der Waals surface area contributed by atoms with Gasteiger partial charge in [-0.3, -0.25) is 9.78 Å². The number of aromatic nitrogens is 1. The number of nitrogens with zero attached hydrogens (tertiary/aromatic N) is 1. The number of amides is 1. The van der Waals surface area contributed by atoms with Gasteiger partial charge in [-0.2, -0.15) is 0 Å². The summed E-state index contributed by atoms with van der Waals surface area (Å²) in [5.74, 6) is 0.591. The van der Waals surface area contributed by atoms with E-state index in [9.17, 15) is 4.79 Å². The van der Waals surface area contributed by atoms with Gasteiger partial charge in [-0.15, -0.1) is 0 Å². The smallest absolute Gasteiger partial charge is 0.258 e. The fourth-order valence-electron chi connectivity index (χ4n) is 1.72. The van der Waals surface area contributed by atoms with Gasteiger partial charge in [-0.25, -0.2) is 0 Å². The number of aryl methyl sites for hydroxylation is 2. The van der Waals surface area contributed by atoms with Crippen LogP contribution < -0.4 is 10.1 Å². The van der Waals surface area contributed by atoms with Crippen molar-refractivity contribution < 1.29 is 9.53 Å². The summed E-state index contributed by atoms with van der Waals surface area (Å²) in [4.78, 5) is 15.9. The third-order valence-electron chi connectivity index (χ3n) is 2.91. The van der Waals surface area contributed by atoms with Crippen LogP contribution in [-0.2, 0) is 11.3 Å². The first-order valence-corrected chi connectivity index (χ1v) is 6.52. The van der Waals surface area contributed by atoms with Crippen LogP contribution in [0, 0.1) is 13.8 Å². The van der Waals surface area contributed by atoms with Gasteiger partial charge in [0.05, 0.1) is 0 Å². The average molecular weight is 270 g/mol. The first kappa shape index (κ1) is 14.1. The number of pyridine rings is 1. The molecule has 0 saturated carbocycles. The number of nitrogens with one attached hydrogen (secondary N) is 1. The molecular formula is C16H18N2O2. The molecule has 20 heavy (non-hydrogen) atoms. The number of rotatable bonds is 5. The molecule has 1 aromatic heterocycles. The normalized spacial score (nSPS) is 10.1. The van der Waals surface area contributed by atoms with Crippen LogP contribution in [0.25, 0.3) is 0 Å². The highest BCUT2D eigenvalue weighted by molar-refractivity contribution is 5.77. The van der Waals surface area contributed by atoms with Crippen molar-refractivity contribution in [2.45, 2.75) is 20.4 Å². The Bertz CT molecular complexity index is 579. The Labute approximate surface area is 118 Å². The van der Waals surface area contributed by atoms with Crippen LogP contribution in [0.3, 0.4) is 0 Å². The second kappa shape index (κ2) is 6.70. The van der Waals surface area contributed by atoms with Crippen molar-refractivity contribution in [3.63, 3.8) is 0 Å². The van der Waals surface area contributed by atoms with Gasteiger partial charge in [0.15, 0.2) is 6.61 Å². The van der Waals surface area contributed by atoms with Crippen molar-refractivity contribution in [2.75, 3.05) is 6.61 Å². The van der Waals surface area contributed by atoms with Crippen LogP contribution in [-0.4, -0.2) is 17.5 Å². The summed E-state index contributed by atoms with van der Waals surface area (Å²) in [6.07, 6.45) is 1.76. The number of hydrogen-bond acceptors (Lipinski definition) is 3. The first-order chi connectivity index (χ1) is 9.65. The lowest BCUT2D eigenvalue weighted by molar-refractivity contribution is -0.123. The number of para-hydroxylation sites is 1. The molecular weight excluding hydrogens is 252 g/mol. The van der Waals surface area contributed by atoms with E-state index in [0.29, 0.717) is 6.54 Å². The number of hydrogen-bond donors (Lipinski definition) is 1. The fourth-order valence-corrected chi connectivity index (χ4v) is 1.72. The van der Waals surface area contributed by atoms with E-state index in [4.69, 9.17) is 4.74 Å². The van der Waals surface area contributed by atoms with Gasteiger partial charge in [0.2, 0.25) is 0 Å². The second-order valence-electron chi connectivity index (χ2n) is 4.64. The highest BCUT2D eigenvalue weighted by atomic mass is 16.5. The molecule has 0 spiro atoms. The maximum atomic E-state index is 11.7. The molecule has 0 saturated heterocycles. The predicted octanol–water partition coefficient (Wildman–Crippen LogP) is 2.39. The zero-order chi connectivity index (χ0) is 14.4. The van der Waals surface area contributed by atoms with Crippen molar-refractivity contribution >= 4 is 5.91 Å². The van der Waals surface area contributed by atoms with E-state index in [-0.39, 0.29) is 12.5 Å². The molecule has 1 heterocycles. The maximum absolute atomic E-state index is 11.7. The summed E-state index contributed by atoms with van der Waals surface area (Å²) in [5.41, 5.74) is 2.95.